The third kappa shape index (κ3) is 3.55. The normalized spacial score (nSPS) is 11.4. The van der Waals surface area contributed by atoms with Crippen molar-refractivity contribution in [2.24, 2.45) is 0 Å². The van der Waals surface area contributed by atoms with Crippen LogP contribution in [0.25, 0.3) is 5.57 Å². The van der Waals surface area contributed by atoms with Gasteiger partial charge in [-0.25, -0.2) is 9.78 Å². The minimum absolute atomic E-state index is 0.333. The van der Waals surface area contributed by atoms with Crippen LogP contribution in [0.4, 0.5) is 0 Å². The molecule has 0 aliphatic carbocycles. The third-order valence-electron chi connectivity index (χ3n) is 2.87. The lowest BCUT2D eigenvalue weighted by atomic mass is 10.1. The van der Waals surface area contributed by atoms with Crippen molar-refractivity contribution in [3.63, 3.8) is 0 Å². The van der Waals surface area contributed by atoms with Crippen LogP contribution in [-0.4, -0.2) is 22.6 Å². The zero-order valence-corrected chi connectivity index (χ0v) is 11.0. The zero-order valence-electron chi connectivity index (χ0n) is 11.0. The van der Waals surface area contributed by atoms with E-state index in [1.54, 1.807) is 12.5 Å². The molecule has 4 heteroatoms. The number of allylic oxidation sites excluding steroid dienone is 1. The fourth-order valence-corrected chi connectivity index (χ4v) is 1.78. The SMILES string of the molecule is COC(=O)C=C(C)c1ccc(Cn2ccnc2)cc1. The number of nitrogens with zero attached hydrogens (tertiary/aromatic N) is 2. The third-order valence-corrected chi connectivity index (χ3v) is 2.87. The van der Waals surface area contributed by atoms with Gasteiger partial charge in [-0.15, -0.1) is 0 Å². The van der Waals surface area contributed by atoms with E-state index in [-0.39, 0.29) is 5.97 Å². The predicted molar refractivity (Wildman–Crippen MR) is 73.4 cm³/mol. The van der Waals surface area contributed by atoms with Gasteiger partial charge in [-0.1, -0.05) is 24.3 Å². The van der Waals surface area contributed by atoms with Gasteiger partial charge >= 0.3 is 5.97 Å². The van der Waals surface area contributed by atoms with Gasteiger partial charge in [-0.2, -0.15) is 0 Å². The quantitative estimate of drug-likeness (QED) is 0.623. The van der Waals surface area contributed by atoms with Crippen LogP contribution in [0.3, 0.4) is 0 Å². The van der Waals surface area contributed by atoms with Crippen molar-refractivity contribution in [3.05, 3.63) is 60.2 Å². The zero-order chi connectivity index (χ0) is 13.7. The van der Waals surface area contributed by atoms with E-state index in [9.17, 15) is 4.79 Å². The smallest absolute Gasteiger partial charge is 0.330 e. The summed E-state index contributed by atoms with van der Waals surface area (Å²) in [5, 5.41) is 0. The summed E-state index contributed by atoms with van der Waals surface area (Å²) in [7, 11) is 1.38. The number of aromatic nitrogens is 2. The minimum Gasteiger partial charge on any atom is -0.466 e. The van der Waals surface area contributed by atoms with E-state index in [4.69, 9.17) is 0 Å². The Bertz CT molecular complexity index is 569. The van der Waals surface area contributed by atoms with Crippen LogP contribution in [0.1, 0.15) is 18.1 Å². The van der Waals surface area contributed by atoms with Crippen LogP contribution < -0.4 is 0 Å². The lowest BCUT2D eigenvalue weighted by Crippen LogP contribution is -1.97. The van der Waals surface area contributed by atoms with Gasteiger partial charge in [0.1, 0.15) is 0 Å². The van der Waals surface area contributed by atoms with Gasteiger partial charge in [0.25, 0.3) is 0 Å². The minimum atomic E-state index is -0.333. The Morgan fingerprint density at radius 3 is 2.68 bits per heavy atom. The van der Waals surface area contributed by atoms with Gasteiger partial charge in [0.2, 0.25) is 0 Å². The Labute approximate surface area is 112 Å². The highest BCUT2D eigenvalue weighted by Crippen LogP contribution is 2.15. The van der Waals surface area contributed by atoms with Gasteiger partial charge < -0.3 is 9.30 Å². The second-order valence-electron chi connectivity index (χ2n) is 4.28. The second kappa shape index (κ2) is 6.00. The molecule has 19 heavy (non-hydrogen) atoms. The standard InChI is InChI=1S/C15H16N2O2/c1-12(9-15(18)19-2)14-5-3-13(4-6-14)10-17-8-7-16-11-17/h3-9,11H,10H2,1-2H3. The highest BCUT2D eigenvalue weighted by Gasteiger charge is 2.01. The van der Waals surface area contributed by atoms with E-state index >= 15 is 0 Å². The number of carbonyl (C=O) groups excluding carboxylic acids is 1. The van der Waals surface area contributed by atoms with E-state index in [1.165, 1.54) is 18.7 Å². The Balaban J connectivity index is 2.10. The van der Waals surface area contributed by atoms with Crippen molar-refractivity contribution < 1.29 is 9.53 Å². The molecule has 0 bridgehead atoms. The highest BCUT2D eigenvalue weighted by atomic mass is 16.5. The fourth-order valence-electron chi connectivity index (χ4n) is 1.78. The van der Waals surface area contributed by atoms with Gasteiger partial charge in [-0.05, 0) is 23.6 Å². The molecule has 0 amide bonds. The first-order valence-electron chi connectivity index (χ1n) is 6.00. The van der Waals surface area contributed by atoms with Crippen molar-refractivity contribution in [3.8, 4) is 0 Å². The molecule has 0 saturated carbocycles. The van der Waals surface area contributed by atoms with Crippen molar-refractivity contribution >= 4 is 11.5 Å². The van der Waals surface area contributed by atoms with Gasteiger partial charge in [-0.3, -0.25) is 0 Å². The second-order valence-corrected chi connectivity index (χ2v) is 4.28. The predicted octanol–water partition coefficient (Wildman–Crippen LogP) is 2.51. The molecule has 0 radical (unpaired) electrons. The lowest BCUT2D eigenvalue weighted by Gasteiger charge is -2.05. The van der Waals surface area contributed by atoms with Crippen LogP contribution in [0, 0.1) is 0 Å². The number of ether oxygens (including phenoxy) is 1. The fraction of sp³-hybridized carbons (Fsp3) is 0.200. The number of carbonyl (C=O) groups is 1. The maximum Gasteiger partial charge on any atom is 0.330 e. The average molecular weight is 256 g/mol. The summed E-state index contributed by atoms with van der Waals surface area (Å²) in [6.45, 7) is 2.68. The summed E-state index contributed by atoms with van der Waals surface area (Å²) < 4.78 is 6.62. The number of hydrogen-bond acceptors (Lipinski definition) is 3. The summed E-state index contributed by atoms with van der Waals surface area (Å²) in [4.78, 5) is 15.2. The highest BCUT2D eigenvalue weighted by molar-refractivity contribution is 5.90. The van der Waals surface area contributed by atoms with E-state index in [2.05, 4.69) is 9.72 Å². The molecular weight excluding hydrogens is 240 g/mol. The Hall–Kier alpha value is -2.36. The number of hydrogen-bond donors (Lipinski definition) is 0. The summed E-state index contributed by atoms with van der Waals surface area (Å²) >= 11 is 0. The van der Waals surface area contributed by atoms with E-state index in [0.717, 1.165) is 17.7 Å². The maximum absolute atomic E-state index is 11.2. The molecule has 4 nitrogen and oxygen atoms in total. The number of imidazole rings is 1. The van der Waals surface area contributed by atoms with Gasteiger partial charge in [0, 0.05) is 25.0 Å². The van der Waals surface area contributed by atoms with Crippen LogP contribution in [0.5, 0.6) is 0 Å². The van der Waals surface area contributed by atoms with Crippen molar-refractivity contribution in [1.82, 2.24) is 9.55 Å². The van der Waals surface area contributed by atoms with Crippen LogP contribution in [-0.2, 0) is 16.1 Å². The van der Waals surface area contributed by atoms with Crippen LogP contribution >= 0.6 is 0 Å². The van der Waals surface area contributed by atoms with Gasteiger partial charge in [0.15, 0.2) is 0 Å². The molecule has 0 aliphatic rings. The topological polar surface area (TPSA) is 44.1 Å². The molecule has 0 saturated heterocycles. The van der Waals surface area contributed by atoms with Crippen molar-refractivity contribution in [2.75, 3.05) is 7.11 Å². The molecule has 1 heterocycles. The first-order chi connectivity index (χ1) is 9.19. The molecule has 0 spiro atoms. The molecule has 0 N–H and O–H groups in total. The van der Waals surface area contributed by atoms with E-state index in [0.29, 0.717) is 0 Å². The molecule has 0 atom stereocenters. The molecule has 0 fully saturated rings. The molecule has 0 aliphatic heterocycles. The summed E-state index contributed by atoms with van der Waals surface area (Å²) in [5.74, 6) is -0.333. The number of methoxy groups -OCH3 is 1. The first kappa shape index (κ1) is 13.1. The Kier molecular flexibility index (Phi) is 4.13. The number of benzene rings is 1. The molecule has 1 aromatic heterocycles. The summed E-state index contributed by atoms with van der Waals surface area (Å²) in [6.07, 6.45) is 6.97. The molecule has 2 aromatic rings. The molecular formula is C15H16N2O2. The van der Waals surface area contributed by atoms with Crippen molar-refractivity contribution in [2.45, 2.75) is 13.5 Å². The van der Waals surface area contributed by atoms with Gasteiger partial charge in [0.05, 0.1) is 13.4 Å². The molecule has 98 valence electrons. The monoisotopic (exact) mass is 256 g/mol. The maximum atomic E-state index is 11.2. The number of rotatable bonds is 4. The lowest BCUT2D eigenvalue weighted by molar-refractivity contribution is -0.134. The van der Waals surface area contributed by atoms with E-state index in [1.807, 2.05) is 42.0 Å². The Morgan fingerprint density at radius 2 is 2.11 bits per heavy atom. The van der Waals surface area contributed by atoms with Crippen LogP contribution in [0.15, 0.2) is 49.1 Å². The molecule has 1 aromatic carbocycles. The van der Waals surface area contributed by atoms with Crippen molar-refractivity contribution in [1.29, 1.82) is 0 Å². The van der Waals surface area contributed by atoms with Crippen LogP contribution in [0.2, 0.25) is 0 Å². The first-order valence-corrected chi connectivity index (χ1v) is 6.00. The largest absolute Gasteiger partial charge is 0.466 e. The van der Waals surface area contributed by atoms with E-state index < -0.39 is 0 Å². The summed E-state index contributed by atoms with van der Waals surface area (Å²) in [6, 6.07) is 8.09. The average Bonchev–Trinajstić information content (AvgIpc) is 2.92. The Morgan fingerprint density at radius 1 is 1.37 bits per heavy atom. The summed E-state index contributed by atoms with van der Waals surface area (Å²) in [5.41, 5.74) is 3.09. The molecule has 2 rings (SSSR count). The molecule has 0 unspecified atom stereocenters. The number of esters is 1.